The van der Waals surface area contributed by atoms with Crippen molar-refractivity contribution in [3.63, 3.8) is 0 Å². The smallest absolute Gasteiger partial charge is 0.162 e. The number of aliphatic hydroxyl groups is 1. The van der Waals surface area contributed by atoms with Gasteiger partial charge >= 0.3 is 0 Å². The average Bonchev–Trinajstić information content (AvgIpc) is 2.73. The molecule has 0 bridgehead atoms. The minimum Gasteiger partial charge on any atom is -0.493 e. The zero-order valence-electron chi connectivity index (χ0n) is 9.89. The molecule has 18 heavy (non-hydrogen) atoms. The molecule has 0 saturated heterocycles. The Morgan fingerprint density at radius 3 is 2.89 bits per heavy atom. The molecule has 0 aliphatic carbocycles. The monoisotopic (exact) mass is 314 g/mol. The Balaban J connectivity index is 2.51. The summed E-state index contributed by atoms with van der Waals surface area (Å²) in [6, 6.07) is 4.51. The number of benzene rings is 1. The van der Waals surface area contributed by atoms with E-state index < -0.39 is 11.9 Å². The lowest BCUT2D eigenvalue weighted by Gasteiger charge is -2.15. The molecular weight excluding hydrogens is 303 g/mol. The fourth-order valence-corrected chi connectivity index (χ4v) is 2.26. The van der Waals surface area contributed by atoms with Crippen molar-refractivity contribution in [3.8, 4) is 5.75 Å². The van der Waals surface area contributed by atoms with Gasteiger partial charge in [-0.25, -0.2) is 4.39 Å². The number of methoxy groups -OCH3 is 1. The van der Waals surface area contributed by atoms with Crippen molar-refractivity contribution in [1.82, 2.24) is 9.78 Å². The van der Waals surface area contributed by atoms with Crippen LogP contribution in [0.4, 0.5) is 4.39 Å². The highest BCUT2D eigenvalue weighted by atomic mass is 79.9. The Labute approximate surface area is 112 Å². The summed E-state index contributed by atoms with van der Waals surface area (Å²) >= 11 is 3.13. The third-order valence-corrected chi connectivity index (χ3v) is 3.54. The van der Waals surface area contributed by atoms with Crippen molar-refractivity contribution in [3.05, 3.63) is 45.9 Å². The third-order valence-electron chi connectivity index (χ3n) is 2.70. The van der Waals surface area contributed by atoms with Gasteiger partial charge in [0, 0.05) is 12.6 Å². The first-order valence-electron chi connectivity index (χ1n) is 5.24. The predicted octanol–water partition coefficient (Wildman–Crippen LogP) is 2.41. The van der Waals surface area contributed by atoms with Gasteiger partial charge in [-0.15, -0.1) is 0 Å². The van der Waals surface area contributed by atoms with E-state index in [2.05, 4.69) is 21.0 Å². The van der Waals surface area contributed by atoms with Crippen LogP contribution in [-0.4, -0.2) is 22.0 Å². The van der Waals surface area contributed by atoms with Gasteiger partial charge < -0.3 is 9.84 Å². The normalized spacial score (nSPS) is 12.5. The molecule has 0 spiro atoms. The topological polar surface area (TPSA) is 47.3 Å². The van der Waals surface area contributed by atoms with E-state index in [1.807, 2.05) is 0 Å². The summed E-state index contributed by atoms with van der Waals surface area (Å²) in [5.41, 5.74) is 0.903. The predicted molar refractivity (Wildman–Crippen MR) is 67.9 cm³/mol. The molecule has 2 aromatic rings. The maximum Gasteiger partial charge on any atom is 0.162 e. The lowest BCUT2D eigenvalue weighted by atomic mass is 10.1. The Morgan fingerprint density at radius 2 is 2.22 bits per heavy atom. The largest absolute Gasteiger partial charge is 0.493 e. The third kappa shape index (κ3) is 2.13. The van der Waals surface area contributed by atoms with Gasteiger partial charge in [0.25, 0.3) is 0 Å². The van der Waals surface area contributed by atoms with Gasteiger partial charge in [-0.3, -0.25) is 4.68 Å². The summed E-state index contributed by atoms with van der Waals surface area (Å²) in [4.78, 5) is 0. The molecule has 1 N–H and O–H groups in total. The first-order chi connectivity index (χ1) is 8.56. The summed E-state index contributed by atoms with van der Waals surface area (Å²) in [5, 5.41) is 14.3. The molecule has 1 aromatic heterocycles. The highest BCUT2D eigenvalue weighted by Gasteiger charge is 2.23. The van der Waals surface area contributed by atoms with Gasteiger partial charge in [-0.2, -0.15) is 5.10 Å². The summed E-state index contributed by atoms with van der Waals surface area (Å²) in [6.45, 7) is 0. The summed E-state index contributed by atoms with van der Waals surface area (Å²) < 4.78 is 20.3. The highest BCUT2D eigenvalue weighted by Crippen LogP contribution is 2.34. The molecule has 0 aliphatic rings. The Hall–Kier alpha value is -1.40. The summed E-state index contributed by atoms with van der Waals surface area (Å²) in [7, 11) is 3.18. The van der Waals surface area contributed by atoms with Crippen LogP contribution in [0.15, 0.2) is 28.9 Å². The lowest BCUT2D eigenvalue weighted by Crippen LogP contribution is -2.09. The van der Waals surface area contributed by atoms with Crippen LogP contribution >= 0.6 is 15.9 Å². The number of nitrogens with zero attached hydrogens (tertiary/aromatic N) is 2. The van der Waals surface area contributed by atoms with E-state index >= 15 is 0 Å². The van der Waals surface area contributed by atoms with Crippen LogP contribution in [0.1, 0.15) is 17.4 Å². The number of halogens is 2. The fraction of sp³-hybridized carbons (Fsp3) is 0.250. The van der Waals surface area contributed by atoms with E-state index in [4.69, 9.17) is 4.74 Å². The Morgan fingerprint density at radius 1 is 1.50 bits per heavy atom. The second-order valence-corrected chi connectivity index (χ2v) is 4.56. The van der Waals surface area contributed by atoms with Crippen molar-refractivity contribution >= 4 is 15.9 Å². The van der Waals surface area contributed by atoms with E-state index in [-0.39, 0.29) is 4.47 Å². The van der Waals surface area contributed by atoms with Crippen molar-refractivity contribution in [2.45, 2.75) is 6.10 Å². The number of hydrogen-bond donors (Lipinski definition) is 1. The van der Waals surface area contributed by atoms with E-state index in [1.54, 1.807) is 19.2 Å². The number of ether oxygens (including phenoxy) is 1. The Kier molecular flexibility index (Phi) is 3.68. The van der Waals surface area contributed by atoms with Crippen LogP contribution in [0.5, 0.6) is 5.75 Å². The molecular formula is C12H12BrFN2O2. The van der Waals surface area contributed by atoms with Crippen molar-refractivity contribution in [2.75, 3.05) is 7.11 Å². The number of aromatic nitrogens is 2. The van der Waals surface area contributed by atoms with Crippen LogP contribution in [0.25, 0.3) is 0 Å². The SMILES string of the molecule is COc1cnn(C)c1C(O)c1cccc(F)c1Br. The standard InChI is InChI=1S/C12H12BrFN2O2/c1-16-11(9(18-2)6-15-16)12(17)7-4-3-5-8(14)10(7)13/h3-6,12,17H,1-2H3. The van der Waals surface area contributed by atoms with Gasteiger partial charge in [-0.1, -0.05) is 12.1 Å². The summed E-state index contributed by atoms with van der Waals surface area (Å²) in [5.74, 6) is 0.0360. The number of rotatable bonds is 3. The molecule has 1 heterocycles. The van der Waals surface area contributed by atoms with E-state index in [1.165, 1.54) is 24.1 Å². The fourth-order valence-electron chi connectivity index (χ4n) is 1.77. The molecule has 1 unspecified atom stereocenters. The first kappa shape index (κ1) is 13.0. The maximum atomic E-state index is 13.5. The van der Waals surface area contributed by atoms with E-state index in [0.717, 1.165) is 0 Å². The highest BCUT2D eigenvalue weighted by molar-refractivity contribution is 9.10. The number of aryl methyl sites for hydroxylation is 1. The van der Waals surface area contributed by atoms with Gasteiger partial charge in [0.1, 0.15) is 17.6 Å². The second kappa shape index (κ2) is 5.07. The van der Waals surface area contributed by atoms with Crippen LogP contribution in [0, 0.1) is 5.82 Å². The number of aliphatic hydroxyl groups excluding tert-OH is 1. The van der Waals surface area contributed by atoms with Gasteiger partial charge in [0.2, 0.25) is 0 Å². The molecule has 96 valence electrons. The van der Waals surface area contributed by atoms with Gasteiger partial charge in [0.15, 0.2) is 5.75 Å². The summed E-state index contributed by atoms with van der Waals surface area (Å²) in [6.07, 6.45) is 0.490. The van der Waals surface area contributed by atoms with Crippen LogP contribution in [-0.2, 0) is 7.05 Å². The van der Waals surface area contributed by atoms with Crippen molar-refractivity contribution in [1.29, 1.82) is 0 Å². The van der Waals surface area contributed by atoms with Gasteiger partial charge in [-0.05, 0) is 22.0 Å². The number of hydrogen-bond acceptors (Lipinski definition) is 3. The molecule has 0 amide bonds. The first-order valence-corrected chi connectivity index (χ1v) is 6.03. The molecule has 2 rings (SSSR count). The molecule has 4 nitrogen and oxygen atoms in total. The lowest BCUT2D eigenvalue weighted by molar-refractivity contribution is 0.203. The molecule has 0 radical (unpaired) electrons. The molecule has 0 aliphatic heterocycles. The van der Waals surface area contributed by atoms with Crippen LogP contribution < -0.4 is 4.74 Å². The molecule has 1 atom stereocenters. The zero-order valence-corrected chi connectivity index (χ0v) is 11.5. The van der Waals surface area contributed by atoms with E-state index in [0.29, 0.717) is 17.0 Å². The minimum atomic E-state index is -1.02. The van der Waals surface area contributed by atoms with Gasteiger partial charge in [0.05, 0.1) is 17.8 Å². The minimum absolute atomic E-state index is 0.237. The molecule has 6 heteroatoms. The second-order valence-electron chi connectivity index (χ2n) is 3.77. The van der Waals surface area contributed by atoms with Crippen LogP contribution in [0.2, 0.25) is 0 Å². The molecule has 0 fully saturated rings. The van der Waals surface area contributed by atoms with E-state index in [9.17, 15) is 9.50 Å². The van der Waals surface area contributed by atoms with Crippen molar-refractivity contribution in [2.24, 2.45) is 7.05 Å². The van der Waals surface area contributed by atoms with Crippen LogP contribution in [0.3, 0.4) is 0 Å². The molecule has 0 saturated carbocycles. The zero-order chi connectivity index (χ0) is 13.3. The maximum absolute atomic E-state index is 13.5. The Bertz CT molecular complexity index is 571. The molecule has 1 aromatic carbocycles. The quantitative estimate of drug-likeness (QED) is 0.946. The average molecular weight is 315 g/mol. The van der Waals surface area contributed by atoms with Crippen molar-refractivity contribution < 1.29 is 14.2 Å².